The molecule has 0 aliphatic heterocycles. The summed E-state index contributed by atoms with van der Waals surface area (Å²) in [5.41, 5.74) is 5.84. The topological polar surface area (TPSA) is 89.3 Å². The molecule has 2 amide bonds. The van der Waals surface area contributed by atoms with Gasteiger partial charge in [0.25, 0.3) is 0 Å². The number of anilines is 2. The maximum atomic E-state index is 14.0. The van der Waals surface area contributed by atoms with E-state index in [0.717, 1.165) is 30.6 Å². The number of benzene rings is 1. The number of carbonyl (C=O) groups is 1. The number of hydrogen-bond donors (Lipinski definition) is 3. The lowest BCUT2D eigenvalue weighted by atomic mass is 10.2. The summed E-state index contributed by atoms with van der Waals surface area (Å²) in [7, 11) is 0. The molecule has 4 N–H and O–H groups in total. The highest BCUT2D eigenvalue weighted by Crippen LogP contribution is 2.31. The van der Waals surface area contributed by atoms with Crippen molar-refractivity contribution in [3.63, 3.8) is 0 Å². The summed E-state index contributed by atoms with van der Waals surface area (Å²) in [5.74, 6) is -0.539. The first-order valence-electron chi connectivity index (χ1n) is 7.32. The van der Waals surface area contributed by atoms with Crippen LogP contribution in [0.1, 0.15) is 26.2 Å². The predicted molar refractivity (Wildman–Crippen MR) is 89.5 cm³/mol. The van der Waals surface area contributed by atoms with Crippen LogP contribution in [0.4, 0.5) is 20.0 Å². The molecule has 23 heavy (non-hydrogen) atoms. The van der Waals surface area contributed by atoms with Gasteiger partial charge in [-0.3, -0.25) is 0 Å². The zero-order valence-corrected chi connectivity index (χ0v) is 13.6. The number of halogens is 1. The fraction of sp³-hybridized carbons (Fsp3) is 0.333. The highest BCUT2D eigenvalue weighted by Gasteiger charge is 2.09. The zero-order valence-electron chi connectivity index (χ0n) is 12.8. The molecule has 0 spiro atoms. The number of nitrogens with zero attached hydrogens (tertiary/aromatic N) is 1. The summed E-state index contributed by atoms with van der Waals surface area (Å²) in [6.07, 6.45) is 4.49. The SMILES string of the molecule is CCCCCNC(=O)Nc1ccc(Oc2cnc(N)s2)c(F)c1. The molecule has 2 rings (SSSR count). The van der Waals surface area contributed by atoms with E-state index in [4.69, 9.17) is 10.5 Å². The molecule has 0 radical (unpaired) electrons. The summed E-state index contributed by atoms with van der Waals surface area (Å²) in [6, 6.07) is 3.85. The summed E-state index contributed by atoms with van der Waals surface area (Å²) in [5, 5.41) is 6.04. The summed E-state index contributed by atoms with van der Waals surface area (Å²) >= 11 is 1.12. The Kier molecular flexibility index (Phi) is 6.16. The van der Waals surface area contributed by atoms with Crippen LogP contribution in [0.3, 0.4) is 0 Å². The molecular weight excluding hydrogens is 319 g/mol. The number of unbranched alkanes of at least 4 members (excludes halogenated alkanes) is 2. The molecule has 124 valence electrons. The molecule has 0 fully saturated rings. The van der Waals surface area contributed by atoms with E-state index in [1.54, 1.807) is 6.07 Å². The number of nitrogens with one attached hydrogen (secondary N) is 2. The number of hydrogen-bond acceptors (Lipinski definition) is 5. The highest BCUT2D eigenvalue weighted by atomic mass is 32.1. The van der Waals surface area contributed by atoms with E-state index in [2.05, 4.69) is 22.5 Å². The molecule has 0 saturated carbocycles. The molecule has 0 unspecified atom stereocenters. The van der Waals surface area contributed by atoms with E-state index in [1.807, 2.05) is 0 Å². The van der Waals surface area contributed by atoms with Crippen molar-refractivity contribution in [1.29, 1.82) is 0 Å². The minimum absolute atomic E-state index is 0.0440. The van der Waals surface area contributed by atoms with Crippen molar-refractivity contribution >= 4 is 28.2 Å². The van der Waals surface area contributed by atoms with Gasteiger partial charge in [0.1, 0.15) is 0 Å². The lowest BCUT2D eigenvalue weighted by molar-refractivity contribution is 0.252. The molecule has 2 aromatic rings. The van der Waals surface area contributed by atoms with E-state index in [1.165, 1.54) is 18.3 Å². The van der Waals surface area contributed by atoms with Crippen LogP contribution in [0.2, 0.25) is 0 Å². The monoisotopic (exact) mass is 338 g/mol. The van der Waals surface area contributed by atoms with Crippen LogP contribution in [-0.2, 0) is 0 Å². The molecule has 0 bridgehead atoms. The minimum Gasteiger partial charge on any atom is -0.442 e. The first-order valence-corrected chi connectivity index (χ1v) is 8.13. The van der Waals surface area contributed by atoms with Gasteiger partial charge in [0, 0.05) is 18.3 Å². The van der Waals surface area contributed by atoms with Crippen LogP contribution in [0.5, 0.6) is 10.8 Å². The lowest BCUT2D eigenvalue weighted by Gasteiger charge is -2.09. The maximum absolute atomic E-state index is 14.0. The number of urea groups is 1. The zero-order chi connectivity index (χ0) is 16.7. The van der Waals surface area contributed by atoms with Crippen LogP contribution in [-0.4, -0.2) is 17.6 Å². The second-order valence-corrected chi connectivity index (χ2v) is 5.88. The molecule has 6 nitrogen and oxygen atoms in total. The third-order valence-corrected chi connectivity index (χ3v) is 3.67. The second kappa shape index (κ2) is 8.33. The molecular formula is C15H19FN4O2S. The van der Waals surface area contributed by atoms with Crippen molar-refractivity contribution in [1.82, 2.24) is 10.3 Å². The Hall–Kier alpha value is -2.35. The first-order chi connectivity index (χ1) is 11.1. The number of thiazole rings is 1. The van der Waals surface area contributed by atoms with Crippen LogP contribution in [0.15, 0.2) is 24.4 Å². The van der Waals surface area contributed by atoms with E-state index < -0.39 is 5.82 Å². The van der Waals surface area contributed by atoms with E-state index in [-0.39, 0.29) is 11.8 Å². The van der Waals surface area contributed by atoms with Crippen molar-refractivity contribution in [2.24, 2.45) is 0 Å². The van der Waals surface area contributed by atoms with Crippen LogP contribution < -0.4 is 21.1 Å². The largest absolute Gasteiger partial charge is 0.442 e. The Labute approximate surface area is 137 Å². The van der Waals surface area contributed by atoms with Gasteiger partial charge >= 0.3 is 6.03 Å². The van der Waals surface area contributed by atoms with Gasteiger partial charge < -0.3 is 21.1 Å². The summed E-state index contributed by atoms with van der Waals surface area (Å²) in [4.78, 5) is 15.5. The third kappa shape index (κ3) is 5.41. The summed E-state index contributed by atoms with van der Waals surface area (Å²) in [6.45, 7) is 2.68. The smallest absolute Gasteiger partial charge is 0.319 e. The number of carbonyl (C=O) groups excluding carboxylic acids is 1. The van der Waals surface area contributed by atoms with E-state index in [0.29, 0.717) is 22.4 Å². The standard InChI is InChI=1S/C15H19FN4O2S/c1-2-3-4-7-18-15(21)20-10-5-6-12(11(16)8-10)22-13-9-19-14(17)23-13/h5-6,8-9H,2-4,7H2,1H3,(H2,17,19)(H2,18,20,21). The van der Waals surface area contributed by atoms with Gasteiger partial charge in [0.2, 0.25) is 5.06 Å². The first kappa shape index (κ1) is 17.0. The fourth-order valence-electron chi connectivity index (χ4n) is 1.84. The highest BCUT2D eigenvalue weighted by molar-refractivity contribution is 7.17. The predicted octanol–water partition coefficient (Wildman–Crippen LogP) is 3.97. The van der Waals surface area contributed by atoms with E-state index >= 15 is 0 Å². The number of nitrogens with two attached hydrogens (primary N) is 1. The number of ether oxygens (including phenoxy) is 1. The van der Waals surface area contributed by atoms with Crippen molar-refractivity contribution in [2.75, 3.05) is 17.6 Å². The average molecular weight is 338 g/mol. The average Bonchev–Trinajstić information content (AvgIpc) is 2.92. The summed E-state index contributed by atoms with van der Waals surface area (Å²) < 4.78 is 19.4. The molecule has 8 heteroatoms. The second-order valence-electron chi connectivity index (χ2n) is 4.85. The van der Waals surface area contributed by atoms with Gasteiger partial charge in [0.05, 0.1) is 6.20 Å². The van der Waals surface area contributed by atoms with Crippen molar-refractivity contribution in [3.8, 4) is 10.8 Å². The van der Waals surface area contributed by atoms with Gasteiger partial charge in [-0.25, -0.2) is 14.2 Å². The van der Waals surface area contributed by atoms with Crippen molar-refractivity contribution < 1.29 is 13.9 Å². The number of nitrogen functional groups attached to an aromatic ring is 1. The van der Waals surface area contributed by atoms with Gasteiger partial charge in [-0.05, 0) is 18.6 Å². The molecule has 0 atom stereocenters. The molecule has 0 aliphatic carbocycles. The number of amides is 2. The Bertz CT molecular complexity index is 663. The molecule has 1 heterocycles. The van der Waals surface area contributed by atoms with Crippen LogP contribution in [0.25, 0.3) is 0 Å². The van der Waals surface area contributed by atoms with E-state index in [9.17, 15) is 9.18 Å². The Balaban J connectivity index is 1.89. The van der Waals surface area contributed by atoms with Gasteiger partial charge in [0.15, 0.2) is 16.7 Å². The molecule has 0 aliphatic rings. The van der Waals surface area contributed by atoms with Crippen LogP contribution in [0, 0.1) is 5.82 Å². The van der Waals surface area contributed by atoms with Gasteiger partial charge in [-0.2, -0.15) is 0 Å². The third-order valence-electron chi connectivity index (χ3n) is 2.97. The fourth-order valence-corrected chi connectivity index (χ4v) is 2.39. The Morgan fingerprint density at radius 3 is 2.91 bits per heavy atom. The maximum Gasteiger partial charge on any atom is 0.319 e. The normalized spacial score (nSPS) is 10.3. The molecule has 0 saturated heterocycles. The molecule has 1 aromatic carbocycles. The molecule has 1 aromatic heterocycles. The Morgan fingerprint density at radius 1 is 1.43 bits per heavy atom. The minimum atomic E-state index is -0.583. The van der Waals surface area contributed by atoms with Crippen LogP contribution >= 0.6 is 11.3 Å². The number of rotatable bonds is 7. The quantitative estimate of drug-likeness (QED) is 0.666. The van der Waals surface area contributed by atoms with Crippen molar-refractivity contribution in [2.45, 2.75) is 26.2 Å². The lowest BCUT2D eigenvalue weighted by Crippen LogP contribution is -2.29. The van der Waals surface area contributed by atoms with Gasteiger partial charge in [-0.1, -0.05) is 31.1 Å². The van der Waals surface area contributed by atoms with Gasteiger partial charge in [-0.15, -0.1) is 0 Å². The van der Waals surface area contributed by atoms with Crippen molar-refractivity contribution in [3.05, 3.63) is 30.2 Å². The number of aromatic nitrogens is 1. The Morgan fingerprint density at radius 2 is 2.26 bits per heavy atom.